The second-order valence-corrected chi connectivity index (χ2v) is 5.91. The number of aryl methyl sites for hydroxylation is 1. The Morgan fingerprint density at radius 2 is 1.68 bits per heavy atom. The fourth-order valence-electron chi connectivity index (χ4n) is 2.10. The molecule has 0 bridgehead atoms. The lowest BCUT2D eigenvalue weighted by Gasteiger charge is -2.15. The van der Waals surface area contributed by atoms with Crippen molar-refractivity contribution >= 4 is 22.8 Å². The largest absolute Gasteiger partial charge is 0.451 e. The van der Waals surface area contributed by atoms with Gasteiger partial charge in [0.05, 0.1) is 0 Å². The van der Waals surface area contributed by atoms with Gasteiger partial charge in [-0.3, -0.25) is 4.79 Å². The van der Waals surface area contributed by atoms with Crippen LogP contribution in [-0.2, 0) is 20.1 Å². The van der Waals surface area contributed by atoms with Gasteiger partial charge < -0.3 is 4.74 Å². The van der Waals surface area contributed by atoms with Crippen LogP contribution >= 0.6 is 11.8 Å². The molecular weight excluding hydrogens is 296 g/mol. The molecule has 3 nitrogen and oxygen atoms in total. The average Bonchev–Trinajstić information content (AvgIpc) is 2.53. The van der Waals surface area contributed by atoms with Crippen LogP contribution in [0.5, 0.6) is 0 Å². The van der Waals surface area contributed by atoms with Crippen LogP contribution in [0.15, 0.2) is 54.6 Å². The summed E-state index contributed by atoms with van der Waals surface area (Å²) in [6.45, 7) is 3.72. The minimum atomic E-state index is -0.795. The summed E-state index contributed by atoms with van der Waals surface area (Å²) in [5.74, 6) is -0.329. The normalized spacial score (nSPS) is 11.7. The number of thioether (sulfide) groups is 1. The lowest BCUT2D eigenvalue weighted by molar-refractivity contribution is -0.154. The third kappa shape index (κ3) is 4.46. The van der Waals surface area contributed by atoms with Gasteiger partial charge in [0.2, 0.25) is 0 Å². The van der Waals surface area contributed by atoms with Crippen molar-refractivity contribution in [3.05, 3.63) is 71.3 Å². The zero-order chi connectivity index (χ0) is 15.9. The van der Waals surface area contributed by atoms with Gasteiger partial charge >= 0.3 is 5.97 Å². The van der Waals surface area contributed by atoms with Crippen LogP contribution in [0.1, 0.15) is 29.7 Å². The number of benzene rings is 2. The smallest absolute Gasteiger partial charge is 0.386 e. The lowest BCUT2D eigenvalue weighted by atomic mass is 10.0. The lowest BCUT2D eigenvalue weighted by Crippen LogP contribution is -2.17. The number of carbonyl (C=O) groups is 2. The first-order valence-corrected chi connectivity index (χ1v) is 8.03. The quantitative estimate of drug-likeness (QED) is 0.630. The van der Waals surface area contributed by atoms with Crippen LogP contribution in [0.4, 0.5) is 0 Å². The fraction of sp³-hybridized carbons (Fsp3) is 0.222. The Balaban J connectivity index is 1.89. The van der Waals surface area contributed by atoms with Crippen molar-refractivity contribution in [2.45, 2.75) is 25.7 Å². The summed E-state index contributed by atoms with van der Waals surface area (Å²) >= 11 is 0.966. The standard InChI is InChI=1S/C18H18O3S/c1-13-8-6-7-11-16(13)14(2)21-17(19)18(20)22-12-15-9-4-3-5-10-15/h3-11,14H,12H2,1-2H3. The van der Waals surface area contributed by atoms with E-state index in [-0.39, 0.29) is 0 Å². The fourth-order valence-corrected chi connectivity index (χ4v) is 2.75. The van der Waals surface area contributed by atoms with E-state index < -0.39 is 17.2 Å². The Labute approximate surface area is 134 Å². The van der Waals surface area contributed by atoms with Crippen LogP contribution in [0.2, 0.25) is 0 Å². The van der Waals surface area contributed by atoms with Gasteiger partial charge in [0, 0.05) is 5.75 Å². The molecule has 0 amide bonds. The maximum Gasteiger partial charge on any atom is 0.386 e. The number of rotatable bonds is 4. The van der Waals surface area contributed by atoms with Crippen molar-refractivity contribution in [3.63, 3.8) is 0 Å². The van der Waals surface area contributed by atoms with E-state index in [9.17, 15) is 9.59 Å². The third-order valence-electron chi connectivity index (χ3n) is 3.29. The van der Waals surface area contributed by atoms with E-state index in [0.29, 0.717) is 5.75 Å². The van der Waals surface area contributed by atoms with Gasteiger partial charge in [0.25, 0.3) is 5.12 Å². The zero-order valence-electron chi connectivity index (χ0n) is 12.6. The van der Waals surface area contributed by atoms with Gasteiger partial charge in [-0.2, -0.15) is 0 Å². The predicted molar refractivity (Wildman–Crippen MR) is 88.4 cm³/mol. The molecule has 0 aliphatic heterocycles. The van der Waals surface area contributed by atoms with Crippen molar-refractivity contribution in [3.8, 4) is 0 Å². The number of esters is 1. The molecule has 2 aromatic carbocycles. The highest BCUT2D eigenvalue weighted by molar-refractivity contribution is 8.14. The van der Waals surface area contributed by atoms with E-state index in [2.05, 4.69) is 0 Å². The summed E-state index contributed by atoms with van der Waals surface area (Å²) in [5, 5.41) is -0.565. The highest BCUT2D eigenvalue weighted by Crippen LogP contribution is 2.22. The van der Waals surface area contributed by atoms with Crippen molar-refractivity contribution in [1.82, 2.24) is 0 Å². The molecule has 0 aliphatic carbocycles. The van der Waals surface area contributed by atoms with Gasteiger partial charge in [0.1, 0.15) is 6.10 Å². The van der Waals surface area contributed by atoms with Crippen LogP contribution in [0.3, 0.4) is 0 Å². The molecule has 22 heavy (non-hydrogen) atoms. The summed E-state index contributed by atoms with van der Waals surface area (Å²) in [4.78, 5) is 23.7. The van der Waals surface area contributed by atoms with Gasteiger partial charge in [-0.15, -0.1) is 0 Å². The number of hydrogen-bond donors (Lipinski definition) is 0. The van der Waals surface area contributed by atoms with E-state index in [1.54, 1.807) is 6.92 Å². The zero-order valence-corrected chi connectivity index (χ0v) is 13.4. The number of carbonyl (C=O) groups excluding carboxylic acids is 2. The Morgan fingerprint density at radius 1 is 1.05 bits per heavy atom. The van der Waals surface area contributed by atoms with E-state index in [1.807, 2.05) is 61.5 Å². The maximum atomic E-state index is 11.9. The second-order valence-electron chi connectivity index (χ2n) is 4.97. The van der Waals surface area contributed by atoms with E-state index in [4.69, 9.17) is 4.74 Å². The van der Waals surface area contributed by atoms with Gasteiger partial charge in [0.15, 0.2) is 0 Å². The topological polar surface area (TPSA) is 43.4 Å². The maximum absolute atomic E-state index is 11.9. The first kappa shape index (κ1) is 16.3. The molecule has 0 radical (unpaired) electrons. The third-order valence-corrected chi connectivity index (χ3v) is 4.20. The molecule has 0 N–H and O–H groups in total. The van der Waals surface area contributed by atoms with Crippen LogP contribution in [0.25, 0.3) is 0 Å². The van der Waals surface area contributed by atoms with Crippen LogP contribution in [0, 0.1) is 6.92 Å². The average molecular weight is 314 g/mol. The molecule has 0 aliphatic rings. The van der Waals surface area contributed by atoms with Crippen molar-refractivity contribution in [2.75, 3.05) is 0 Å². The van der Waals surface area contributed by atoms with Crippen molar-refractivity contribution in [1.29, 1.82) is 0 Å². The van der Waals surface area contributed by atoms with Crippen molar-refractivity contribution < 1.29 is 14.3 Å². The molecule has 0 heterocycles. The molecule has 1 atom stereocenters. The highest BCUT2D eigenvalue weighted by Gasteiger charge is 2.20. The Hall–Kier alpha value is -2.07. The van der Waals surface area contributed by atoms with Crippen LogP contribution < -0.4 is 0 Å². The van der Waals surface area contributed by atoms with Crippen LogP contribution in [-0.4, -0.2) is 11.1 Å². The number of hydrogen-bond acceptors (Lipinski definition) is 4. The molecule has 0 saturated carbocycles. The minimum Gasteiger partial charge on any atom is -0.451 e. The Morgan fingerprint density at radius 3 is 2.36 bits per heavy atom. The van der Waals surface area contributed by atoms with Crippen molar-refractivity contribution in [2.24, 2.45) is 0 Å². The minimum absolute atomic E-state index is 0.435. The van der Waals surface area contributed by atoms with E-state index in [1.165, 1.54) is 0 Å². The molecular formula is C18H18O3S. The van der Waals surface area contributed by atoms with Gasteiger partial charge in [-0.1, -0.05) is 66.4 Å². The summed E-state index contributed by atoms with van der Waals surface area (Å²) in [6.07, 6.45) is -0.435. The summed E-state index contributed by atoms with van der Waals surface area (Å²) < 4.78 is 5.26. The Kier molecular flexibility index (Phi) is 5.78. The highest BCUT2D eigenvalue weighted by atomic mass is 32.2. The molecule has 114 valence electrons. The molecule has 0 saturated heterocycles. The molecule has 1 unspecified atom stereocenters. The summed E-state index contributed by atoms with van der Waals surface area (Å²) in [5.41, 5.74) is 2.95. The predicted octanol–water partition coefficient (Wildman–Crippen LogP) is 4.06. The molecule has 2 aromatic rings. The van der Waals surface area contributed by atoms with E-state index in [0.717, 1.165) is 28.5 Å². The molecule has 0 aromatic heterocycles. The summed E-state index contributed by atoms with van der Waals surface area (Å²) in [6, 6.07) is 17.2. The molecule has 2 rings (SSSR count). The summed E-state index contributed by atoms with van der Waals surface area (Å²) in [7, 11) is 0. The van der Waals surface area contributed by atoms with Gasteiger partial charge in [-0.25, -0.2) is 4.79 Å². The Bertz CT molecular complexity index is 652. The SMILES string of the molecule is Cc1ccccc1C(C)OC(=O)C(=O)SCc1ccccc1. The molecule has 0 fully saturated rings. The first-order chi connectivity index (χ1) is 10.6. The first-order valence-electron chi connectivity index (χ1n) is 7.05. The molecule has 0 spiro atoms. The van der Waals surface area contributed by atoms with E-state index >= 15 is 0 Å². The number of ether oxygens (including phenoxy) is 1. The van der Waals surface area contributed by atoms with Gasteiger partial charge in [-0.05, 0) is 30.5 Å². The monoisotopic (exact) mass is 314 g/mol. The second kappa shape index (κ2) is 7.80. The molecule has 4 heteroatoms.